The fraction of sp³-hybridized carbons (Fsp3) is 0.467. The van der Waals surface area contributed by atoms with Crippen LogP contribution < -0.4 is 9.47 Å². The lowest BCUT2D eigenvalue weighted by Gasteiger charge is -2.10. The molecule has 1 heterocycles. The fourth-order valence-electron chi connectivity index (χ4n) is 2.13. The highest BCUT2D eigenvalue weighted by atomic mass is 79.9. The van der Waals surface area contributed by atoms with E-state index >= 15 is 0 Å². The molecule has 1 aromatic rings. The van der Waals surface area contributed by atoms with Gasteiger partial charge in [-0.1, -0.05) is 13.8 Å². The van der Waals surface area contributed by atoms with Crippen LogP contribution in [0.5, 0.6) is 11.5 Å². The summed E-state index contributed by atoms with van der Waals surface area (Å²) in [5, 5.41) is 11.1. The molecule has 0 N–H and O–H groups in total. The van der Waals surface area contributed by atoms with Crippen molar-refractivity contribution in [2.45, 2.75) is 26.7 Å². The third-order valence-electron chi connectivity index (χ3n) is 3.01. The first kappa shape index (κ1) is 15.8. The predicted molar refractivity (Wildman–Crippen MR) is 84.2 cm³/mol. The minimum absolute atomic E-state index is 0.200. The number of nitrogens with zero attached hydrogens (tertiary/aromatic N) is 1. The minimum atomic E-state index is -0.322. The van der Waals surface area contributed by atoms with E-state index in [0.717, 1.165) is 16.5 Å². The molecule has 0 unspecified atom stereocenters. The molecule has 0 aromatic heterocycles. The number of ether oxygens (including phenoxy) is 2. The van der Waals surface area contributed by atoms with Gasteiger partial charge in [0.2, 0.25) is 5.70 Å². The Morgan fingerprint density at radius 2 is 2.14 bits per heavy atom. The molecule has 0 fully saturated rings. The van der Waals surface area contributed by atoms with Gasteiger partial charge in [0.05, 0.1) is 22.6 Å². The van der Waals surface area contributed by atoms with Crippen LogP contribution in [0.1, 0.15) is 32.3 Å². The predicted octanol–water partition coefficient (Wildman–Crippen LogP) is 4.27. The van der Waals surface area contributed by atoms with Crippen LogP contribution >= 0.6 is 15.9 Å². The maximum atomic E-state index is 11.1. The van der Waals surface area contributed by atoms with Crippen LogP contribution in [0.2, 0.25) is 0 Å². The van der Waals surface area contributed by atoms with E-state index in [2.05, 4.69) is 15.9 Å². The van der Waals surface area contributed by atoms with Gasteiger partial charge in [0.1, 0.15) is 0 Å². The topological polar surface area (TPSA) is 61.6 Å². The van der Waals surface area contributed by atoms with Crippen LogP contribution in [0.25, 0.3) is 6.08 Å². The number of hydrogen-bond donors (Lipinski definition) is 0. The van der Waals surface area contributed by atoms with Gasteiger partial charge in [-0.2, -0.15) is 0 Å². The number of benzene rings is 1. The Hall–Kier alpha value is -1.56. The summed E-state index contributed by atoms with van der Waals surface area (Å²) in [6.45, 7) is 5.11. The summed E-state index contributed by atoms with van der Waals surface area (Å²) in [4.78, 5) is 10.8. The lowest BCUT2D eigenvalue weighted by molar-refractivity contribution is -0.427. The van der Waals surface area contributed by atoms with Crippen molar-refractivity contribution >= 4 is 22.0 Å². The van der Waals surface area contributed by atoms with E-state index in [4.69, 9.17) is 9.47 Å². The lowest BCUT2D eigenvalue weighted by atomic mass is 10.1. The van der Waals surface area contributed by atoms with E-state index in [0.29, 0.717) is 31.1 Å². The van der Waals surface area contributed by atoms with Crippen molar-refractivity contribution in [1.29, 1.82) is 0 Å². The number of halogens is 1. The van der Waals surface area contributed by atoms with Crippen molar-refractivity contribution in [1.82, 2.24) is 0 Å². The number of rotatable bonds is 4. The Kier molecular flexibility index (Phi) is 5.22. The largest absolute Gasteiger partial charge is 0.489 e. The molecule has 6 heteroatoms. The average Bonchev–Trinajstić information content (AvgIpc) is 2.63. The molecule has 0 bridgehead atoms. The highest BCUT2D eigenvalue weighted by molar-refractivity contribution is 9.10. The molecule has 0 radical (unpaired) electrons. The monoisotopic (exact) mass is 355 g/mol. The van der Waals surface area contributed by atoms with Gasteiger partial charge in [0.25, 0.3) is 0 Å². The average molecular weight is 356 g/mol. The molecule has 0 saturated carbocycles. The Balaban J connectivity index is 2.37. The van der Waals surface area contributed by atoms with Crippen LogP contribution in [-0.4, -0.2) is 18.1 Å². The first-order valence-electron chi connectivity index (χ1n) is 6.91. The Morgan fingerprint density at radius 3 is 2.81 bits per heavy atom. The summed E-state index contributed by atoms with van der Waals surface area (Å²) in [5.41, 5.74) is 0.935. The molecule has 21 heavy (non-hydrogen) atoms. The van der Waals surface area contributed by atoms with Crippen molar-refractivity contribution in [3.63, 3.8) is 0 Å². The second kappa shape index (κ2) is 6.93. The quantitative estimate of drug-likeness (QED) is 0.597. The van der Waals surface area contributed by atoms with Gasteiger partial charge in [-0.25, -0.2) is 0 Å². The van der Waals surface area contributed by atoms with Gasteiger partial charge in [-0.15, -0.1) is 0 Å². The molecule has 0 spiro atoms. The molecule has 5 nitrogen and oxygen atoms in total. The summed E-state index contributed by atoms with van der Waals surface area (Å²) in [6, 6.07) is 3.60. The molecule has 0 aliphatic carbocycles. The smallest absolute Gasteiger partial charge is 0.247 e. The number of nitro groups is 1. The first-order valence-corrected chi connectivity index (χ1v) is 7.70. The van der Waals surface area contributed by atoms with Crippen molar-refractivity contribution in [3.05, 3.63) is 38.0 Å². The molecule has 1 aliphatic rings. The van der Waals surface area contributed by atoms with Crippen LogP contribution in [-0.2, 0) is 0 Å². The summed E-state index contributed by atoms with van der Waals surface area (Å²) in [7, 11) is 0. The van der Waals surface area contributed by atoms with Crippen LogP contribution in [0.15, 0.2) is 22.3 Å². The second-order valence-electron chi connectivity index (χ2n) is 5.37. The van der Waals surface area contributed by atoms with E-state index < -0.39 is 0 Å². The Bertz CT molecular complexity index is 569. The zero-order valence-corrected chi connectivity index (χ0v) is 13.7. The molecular weight excluding hydrogens is 338 g/mol. The number of allylic oxidation sites excluding steroid dienone is 1. The summed E-state index contributed by atoms with van der Waals surface area (Å²) in [6.07, 6.45) is 2.85. The van der Waals surface area contributed by atoms with Gasteiger partial charge in [0.15, 0.2) is 11.5 Å². The van der Waals surface area contributed by atoms with Crippen molar-refractivity contribution < 1.29 is 14.4 Å². The molecule has 0 atom stereocenters. The molecule has 0 saturated heterocycles. The minimum Gasteiger partial charge on any atom is -0.489 e. The summed E-state index contributed by atoms with van der Waals surface area (Å²) >= 11 is 3.44. The SMILES string of the molecule is CC(C)CC(=Cc1cc(Br)c2c(c1)OCCCO2)[N+](=O)[O-]. The van der Waals surface area contributed by atoms with Gasteiger partial charge in [-0.3, -0.25) is 10.1 Å². The summed E-state index contributed by atoms with van der Waals surface area (Å²) in [5.74, 6) is 1.52. The van der Waals surface area contributed by atoms with Crippen LogP contribution in [0, 0.1) is 16.0 Å². The van der Waals surface area contributed by atoms with Crippen molar-refractivity contribution in [2.75, 3.05) is 13.2 Å². The van der Waals surface area contributed by atoms with Crippen LogP contribution in [0.4, 0.5) is 0 Å². The van der Waals surface area contributed by atoms with E-state index in [1.165, 1.54) is 0 Å². The van der Waals surface area contributed by atoms with E-state index in [-0.39, 0.29) is 16.5 Å². The molecule has 1 aliphatic heterocycles. The number of fused-ring (bicyclic) bond motifs is 1. The third kappa shape index (κ3) is 4.20. The number of hydrogen-bond acceptors (Lipinski definition) is 4. The molecule has 2 rings (SSSR count). The van der Waals surface area contributed by atoms with E-state index in [9.17, 15) is 10.1 Å². The van der Waals surface area contributed by atoms with Gasteiger partial charge >= 0.3 is 0 Å². The van der Waals surface area contributed by atoms with Crippen molar-refractivity contribution in [3.8, 4) is 11.5 Å². The highest BCUT2D eigenvalue weighted by Gasteiger charge is 2.17. The maximum Gasteiger partial charge on any atom is 0.247 e. The second-order valence-corrected chi connectivity index (χ2v) is 6.23. The normalized spacial score (nSPS) is 15.0. The zero-order valence-electron chi connectivity index (χ0n) is 12.1. The Labute approximate surface area is 132 Å². The van der Waals surface area contributed by atoms with Gasteiger partial charge < -0.3 is 9.47 Å². The van der Waals surface area contributed by atoms with E-state index in [1.54, 1.807) is 12.1 Å². The molecule has 114 valence electrons. The van der Waals surface area contributed by atoms with Crippen molar-refractivity contribution in [2.24, 2.45) is 5.92 Å². The molecule has 1 aromatic carbocycles. The first-order chi connectivity index (χ1) is 9.97. The highest BCUT2D eigenvalue weighted by Crippen LogP contribution is 2.38. The fourth-order valence-corrected chi connectivity index (χ4v) is 2.71. The lowest BCUT2D eigenvalue weighted by Crippen LogP contribution is -2.02. The maximum absolute atomic E-state index is 11.1. The Morgan fingerprint density at radius 1 is 1.43 bits per heavy atom. The summed E-state index contributed by atoms with van der Waals surface area (Å²) < 4.78 is 12.0. The van der Waals surface area contributed by atoms with E-state index in [1.807, 2.05) is 19.9 Å². The third-order valence-corrected chi connectivity index (χ3v) is 3.60. The van der Waals surface area contributed by atoms with Crippen LogP contribution in [0.3, 0.4) is 0 Å². The standard InChI is InChI=1S/C15H18BrNO4/c1-10(2)6-12(17(18)19)7-11-8-13(16)15-14(9-11)20-4-3-5-21-15/h7-10H,3-6H2,1-2H3. The molecular formula is C15H18BrNO4. The zero-order chi connectivity index (χ0) is 15.4. The van der Waals surface area contributed by atoms with Gasteiger partial charge in [0, 0.05) is 18.9 Å². The molecule has 0 amide bonds. The van der Waals surface area contributed by atoms with Gasteiger partial charge in [-0.05, 0) is 39.5 Å².